The van der Waals surface area contributed by atoms with E-state index >= 15 is 0 Å². The van der Waals surface area contributed by atoms with Crippen LogP contribution in [0.2, 0.25) is 0 Å². The first kappa shape index (κ1) is 20.6. The van der Waals surface area contributed by atoms with Crippen molar-refractivity contribution in [1.82, 2.24) is 4.72 Å². The van der Waals surface area contributed by atoms with Gasteiger partial charge in [0.25, 0.3) is 0 Å². The van der Waals surface area contributed by atoms with Crippen LogP contribution in [0.5, 0.6) is 5.75 Å². The second kappa shape index (κ2) is 7.69. The van der Waals surface area contributed by atoms with Crippen LogP contribution in [-0.2, 0) is 34.0 Å². The van der Waals surface area contributed by atoms with E-state index in [2.05, 4.69) is 4.72 Å². The Hall–Kier alpha value is -2.17. The van der Waals surface area contributed by atoms with Gasteiger partial charge in [-0.2, -0.15) is 13.2 Å². The Balaban J connectivity index is 1.76. The van der Waals surface area contributed by atoms with Crippen molar-refractivity contribution >= 4 is 10.0 Å². The lowest BCUT2D eigenvalue weighted by Gasteiger charge is -2.21. The quantitative estimate of drug-likeness (QED) is 0.753. The molecule has 5 nitrogen and oxygen atoms in total. The maximum Gasteiger partial charge on any atom is 0.416 e. The number of hydrogen-bond acceptors (Lipinski definition) is 4. The Kier molecular flexibility index (Phi) is 5.64. The summed E-state index contributed by atoms with van der Waals surface area (Å²) in [5.74, 6) is -0.0828. The highest BCUT2D eigenvalue weighted by Crippen LogP contribution is 2.33. The van der Waals surface area contributed by atoms with Crippen molar-refractivity contribution < 1.29 is 35.5 Å². The molecule has 2 aromatic carbocycles. The Bertz CT molecular complexity index is 990. The fraction of sp³-hybridized carbons (Fsp3) is 0.333. The van der Waals surface area contributed by atoms with Crippen LogP contribution in [0.4, 0.5) is 17.6 Å². The van der Waals surface area contributed by atoms with Crippen LogP contribution in [0.1, 0.15) is 22.3 Å². The van der Waals surface area contributed by atoms with Crippen LogP contribution in [0.25, 0.3) is 0 Å². The Morgan fingerprint density at radius 2 is 1.93 bits per heavy atom. The van der Waals surface area contributed by atoms with E-state index in [0.29, 0.717) is 22.9 Å². The van der Waals surface area contributed by atoms with E-state index in [1.165, 1.54) is 19.1 Å². The van der Waals surface area contributed by atoms with Gasteiger partial charge in [0.2, 0.25) is 10.0 Å². The molecule has 1 aliphatic heterocycles. The van der Waals surface area contributed by atoms with E-state index < -0.39 is 32.5 Å². The van der Waals surface area contributed by atoms with Crippen molar-refractivity contribution in [2.45, 2.75) is 31.0 Å². The van der Waals surface area contributed by atoms with Crippen LogP contribution in [-0.4, -0.2) is 21.8 Å². The number of hydrogen-bond donors (Lipinski definition) is 1. The van der Waals surface area contributed by atoms with Gasteiger partial charge in [-0.15, -0.1) is 0 Å². The Morgan fingerprint density at radius 1 is 1.18 bits per heavy atom. The maximum absolute atomic E-state index is 13.7. The largest absolute Gasteiger partial charge is 0.467 e. The summed E-state index contributed by atoms with van der Waals surface area (Å²) < 4.78 is 90.2. The molecule has 0 bridgehead atoms. The van der Waals surface area contributed by atoms with Gasteiger partial charge in [0.05, 0.1) is 17.1 Å². The molecule has 0 radical (unpaired) electrons. The Morgan fingerprint density at radius 3 is 2.64 bits per heavy atom. The maximum atomic E-state index is 13.7. The fourth-order valence-electron chi connectivity index (χ4n) is 2.92. The summed E-state index contributed by atoms with van der Waals surface area (Å²) in [4.78, 5) is -0.489. The number of benzene rings is 2. The highest BCUT2D eigenvalue weighted by Gasteiger charge is 2.33. The predicted octanol–water partition coefficient (Wildman–Crippen LogP) is 3.54. The van der Waals surface area contributed by atoms with Crippen LogP contribution in [0, 0.1) is 12.7 Å². The zero-order valence-electron chi connectivity index (χ0n) is 14.8. The van der Waals surface area contributed by atoms with Crippen LogP contribution < -0.4 is 9.46 Å². The van der Waals surface area contributed by atoms with Crippen molar-refractivity contribution in [1.29, 1.82) is 0 Å². The van der Waals surface area contributed by atoms with Crippen molar-refractivity contribution in [3.63, 3.8) is 0 Å². The molecule has 10 heteroatoms. The lowest BCUT2D eigenvalue weighted by Crippen LogP contribution is -2.27. The van der Waals surface area contributed by atoms with Crippen molar-refractivity contribution in [3.05, 3.63) is 58.4 Å². The number of nitrogens with one attached hydrogen (secondary N) is 1. The van der Waals surface area contributed by atoms with Gasteiger partial charge in [0.15, 0.2) is 6.79 Å². The highest BCUT2D eigenvalue weighted by atomic mass is 32.2. The number of ether oxygens (including phenoxy) is 2. The molecule has 0 unspecified atom stereocenters. The van der Waals surface area contributed by atoms with Crippen molar-refractivity contribution in [3.8, 4) is 5.75 Å². The predicted molar refractivity (Wildman–Crippen MR) is 91.8 cm³/mol. The first-order valence-electron chi connectivity index (χ1n) is 8.27. The molecular weight excluding hydrogens is 402 g/mol. The molecular formula is C18H17F4NO4S. The molecule has 1 aliphatic rings. The fourth-order valence-corrected chi connectivity index (χ4v) is 3.98. The van der Waals surface area contributed by atoms with E-state index in [9.17, 15) is 26.0 Å². The molecule has 0 amide bonds. The van der Waals surface area contributed by atoms with Crippen molar-refractivity contribution in [2.24, 2.45) is 0 Å². The summed E-state index contributed by atoms with van der Waals surface area (Å²) in [7, 11) is -4.17. The minimum Gasteiger partial charge on any atom is -0.467 e. The summed E-state index contributed by atoms with van der Waals surface area (Å²) >= 11 is 0. The van der Waals surface area contributed by atoms with Gasteiger partial charge in [0, 0.05) is 12.1 Å². The lowest BCUT2D eigenvalue weighted by atomic mass is 10.1. The molecule has 28 heavy (non-hydrogen) atoms. The Labute approximate surface area is 159 Å². The molecule has 1 heterocycles. The molecule has 152 valence electrons. The minimum absolute atomic E-state index is 0.000938. The van der Waals surface area contributed by atoms with E-state index in [4.69, 9.17) is 9.47 Å². The molecule has 0 fully saturated rings. The number of halogens is 4. The molecule has 0 saturated heterocycles. The topological polar surface area (TPSA) is 64.6 Å². The van der Waals surface area contributed by atoms with Crippen molar-refractivity contribution in [2.75, 3.05) is 13.3 Å². The van der Waals surface area contributed by atoms with Gasteiger partial charge in [-0.1, -0.05) is 6.07 Å². The first-order valence-corrected chi connectivity index (χ1v) is 9.75. The average molecular weight is 419 g/mol. The summed E-state index contributed by atoms with van der Waals surface area (Å²) in [6.07, 6.45) is -4.56. The number of sulfonamides is 1. The third-order valence-corrected chi connectivity index (χ3v) is 5.72. The molecule has 0 spiro atoms. The monoisotopic (exact) mass is 419 g/mol. The summed E-state index contributed by atoms with van der Waals surface area (Å²) in [5.41, 5.74) is -0.126. The van der Waals surface area contributed by atoms with Crippen LogP contribution >= 0.6 is 0 Å². The van der Waals surface area contributed by atoms with E-state index in [1.807, 2.05) is 0 Å². The zero-order valence-corrected chi connectivity index (χ0v) is 15.6. The third-order valence-electron chi connectivity index (χ3n) is 4.26. The van der Waals surface area contributed by atoms with Crippen LogP contribution in [0.3, 0.4) is 0 Å². The van der Waals surface area contributed by atoms with Gasteiger partial charge in [-0.25, -0.2) is 17.5 Å². The molecule has 0 aliphatic carbocycles. The third kappa shape index (κ3) is 4.45. The molecule has 2 aromatic rings. The first-order chi connectivity index (χ1) is 13.1. The van der Waals surface area contributed by atoms with E-state index in [-0.39, 0.29) is 31.9 Å². The summed E-state index contributed by atoms with van der Waals surface area (Å²) in [5, 5.41) is 0. The molecule has 1 N–H and O–H groups in total. The number of aryl methyl sites for hydroxylation is 1. The standard InChI is InChI=1S/C18H17F4NO4S/c1-11-2-3-15(8-16(11)18(20,21)22)28(24,25)23-5-4-12-6-14(19)7-13-9-26-10-27-17(12)13/h2-3,6-8,23H,4-5,9-10H2,1H3. The lowest BCUT2D eigenvalue weighted by molar-refractivity contribution is -0.138. The second-order valence-electron chi connectivity index (χ2n) is 6.29. The average Bonchev–Trinajstić information content (AvgIpc) is 2.60. The van der Waals surface area contributed by atoms with E-state index in [0.717, 1.165) is 12.1 Å². The SMILES string of the molecule is Cc1ccc(S(=O)(=O)NCCc2cc(F)cc3c2OCOC3)cc1C(F)(F)F. The van der Waals surface area contributed by atoms with Gasteiger partial charge < -0.3 is 9.47 Å². The zero-order chi connectivity index (χ0) is 20.5. The summed E-state index contributed by atoms with van der Waals surface area (Å²) in [6, 6.07) is 5.31. The number of fused-ring (bicyclic) bond motifs is 1. The highest BCUT2D eigenvalue weighted by molar-refractivity contribution is 7.89. The van der Waals surface area contributed by atoms with E-state index in [1.54, 1.807) is 0 Å². The second-order valence-corrected chi connectivity index (χ2v) is 8.05. The number of alkyl halides is 3. The van der Waals surface area contributed by atoms with Crippen LogP contribution in [0.15, 0.2) is 35.2 Å². The van der Waals surface area contributed by atoms with Gasteiger partial charge >= 0.3 is 6.18 Å². The van der Waals surface area contributed by atoms with Gasteiger partial charge in [-0.05, 0) is 48.7 Å². The molecule has 3 rings (SSSR count). The summed E-state index contributed by atoms with van der Waals surface area (Å²) in [6.45, 7) is 1.29. The van der Waals surface area contributed by atoms with Gasteiger partial charge in [0.1, 0.15) is 11.6 Å². The molecule has 0 atom stereocenters. The minimum atomic E-state index is -4.66. The molecule has 0 aromatic heterocycles. The normalized spacial score (nSPS) is 14.5. The smallest absolute Gasteiger partial charge is 0.416 e. The number of rotatable bonds is 5. The van der Waals surface area contributed by atoms with Gasteiger partial charge in [-0.3, -0.25) is 0 Å². The molecule has 0 saturated carbocycles.